The third kappa shape index (κ3) is 5.82. The van der Waals surface area contributed by atoms with Gasteiger partial charge in [0, 0.05) is 42.6 Å². The number of nitrogens with one attached hydrogen (secondary N) is 5. The molecule has 1 aromatic carbocycles. The summed E-state index contributed by atoms with van der Waals surface area (Å²) in [5.74, 6) is 0.968. The molecule has 2 aromatic heterocycles. The zero-order chi connectivity index (χ0) is 24.9. The Kier molecular flexibility index (Phi) is 7.72. The Morgan fingerprint density at radius 3 is 2.61 bits per heavy atom. The van der Waals surface area contributed by atoms with Gasteiger partial charge in [0.05, 0.1) is 25.1 Å². The number of benzene rings is 1. The lowest BCUT2D eigenvalue weighted by atomic mass is 9.91. The number of aromatic nitrogens is 3. The van der Waals surface area contributed by atoms with Gasteiger partial charge in [-0.2, -0.15) is 4.83 Å². The van der Waals surface area contributed by atoms with E-state index in [1.54, 1.807) is 6.07 Å². The summed E-state index contributed by atoms with van der Waals surface area (Å²) in [5.41, 5.74) is 5.08. The summed E-state index contributed by atoms with van der Waals surface area (Å²) in [6, 6.07) is 9.66. The van der Waals surface area contributed by atoms with Gasteiger partial charge in [-0.1, -0.05) is 12.8 Å². The number of rotatable bonds is 8. The number of pyridine rings is 1. The van der Waals surface area contributed by atoms with Crippen molar-refractivity contribution in [2.24, 2.45) is 0 Å². The number of aromatic amines is 1. The molecule has 6 N–H and O–H groups in total. The largest absolute Gasteiger partial charge is 0.378 e. The van der Waals surface area contributed by atoms with Crippen LogP contribution >= 0.6 is 0 Å². The van der Waals surface area contributed by atoms with Gasteiger partial charge < -0.3 is 25.3 Å². The predicted molar refractivity (Wildman–Crippen MR) is 140 cm³/mol. The molecule has 36 heavy (non-hydrogen) atoms. The summed E-state index contributed by atoms with van der Waals surface area (Å²) in [4.78, 5) is 29.0. The molecule has 0 amide bonds. The highest BCUT2D eigenvalue weighted by atomic mass is 32.2. The highest BCUT2D eigenvalue weighted by molar-refractivity contribution is 7.77. The quantitative estimate of drug-likeness (QED) is 0.194. The van der Waals surface area contributed by atoms with Gasteiger partial charge in [-0.25, -0.2) is 19.6 Å². The maximum atomic E-state index is 12.7. The number of morpholine rings is 1. The number of hydrazine groups is 1. The molecule has 1 unspecified atom stereocenters. The van der Waals surface area contributed by atoms with E-state index in [9.17, 15) is 9.00 Å². The van der Waals surface area contributed by atoms with Crippen LogP contribution in [0.5, 0.6) is 0 Å². The van der Waals surface area contributed by atoms with E-state index in [1.807, 2.05) is 24.3 Å². The number of H-pyrrole nitrogens is 1. The summed E-state index contributed by atoms with van der Waals surface area (Å²) in [6.45, 7) is 3.15. The Balaban J connectivity index is 1.40. The maximum absolute atomic E-state index is 12.7. The molecule has 5 rings (SSSR count). The fourth-order valence-corrected chi connectivity index (χ4v) is 5.01. The van der Waals surface area contributed by atoms with Crippen molar-refractivity contribution in [3.63, 3.8) is 0 Å². The first kappa shape index (κ1) is 24.6. The molecule has 1 saturated carbocycles. The van der Waals surface area contributed by atoms with Crippen molar-refractivity contribution in [1.82, 2.24) is 25.2 Å². The van der Waals surface area contributed by atoms with Crippen molar-refractivity contribution >= 4 is 45.2 Å². The third-order valence-electron chi connectivity index (χ3n) is 6.56. The highest BCUT2D eigenvalue weighted by Crippen LogP contribution is 2.28. The van der Waals surface area contributed by atoms with Crippen molar-refractivity contribution in [1.29, 1.82) is 0 Å². The molecule has 3 heterocycles. The van der Waals surface area contributed by atoms with Crippen molar-refractivity contribution in [2.75, 3.05) is 41.8 Å². The molecular weight excluding hydrogens is 484 g/mol. The zero-order valence-electron chi connectivity index (χ0n) is 19.7. The molecule has 1 aliphatic carbocycles. The molecule has 1 aliphatic heterocycles. The second-order valence-electron chi connectivity index (χ2n) is 8.89. The average Bonchev–Trinajstić information content (AvgIpc) is 2.89. The van der Waals surface area contributed by atoms with Crippen molar-refractivity contribution in [3.05, 3.63) is 47.0 Å². The minimum absolute atomic E-state index is 0.0256. The SMILES string of the molecule is O=c1[nH]cnc2cc(N[C@H]3CCCC[C@H]3NNS(=O)O)nc(Nc3ccc(N4CCOCC4)cc3)c12. The van der Waals surface area contributed by atoms with Crippen LogP contribution in [0, 0.1) is 0 Å². The van der Waals surface area contributed by atoms with Crippen LogP contribution in [0.1, 0.15) is 25.7 Å². The van der Waals surface area contributed by atoms with Gasteiger partial charge >= 0.3 is 0 Å². The van der Waals surface area contributed by atoms with Crippen LogP contribution in [0.25, 0.3) is 10.9 Å². The van der Waals surface area contributed by atoms with Gasteiger partial charge in [0.2, 0.25) is 11.3 Å². The Morgan fingerprint density at radius 2 is 1.86 bits per heavy atom. The summed E-state index contributed by atoms with van der Waals surface area (Å²) in [6.07, 6.45) is 5.13. The predicted octanol–water partition coefficient (Wildman–Crippen LogP) is 1.85. The Morgan fingerprint density at radius 1 is 1.11 bits per heavy atom. The van der Waals surface area contributed by atoms with Gasteiger partial charge in [0.1, 0.15) is 17.0 Å². The molecule has 192 valence electrons. The van der Waals surface area contributed by atoms with E-state index in [0.717, 1.165) is 63.4 Å². The molecule has 0 bridgehead atoms. The van der Waals surface area contributed by atoms with E-state index in [-0.39, 0.29) is 17.6 Å². The lowest BCUT2D eigenvalue weighted by Gasteiger charge is -2.33. The third-order valence-corrected chi connectivity index (χ3v) is 6.85. The monoisotopic (exact) mass is 514 g/mol. The molecule has 13 heteroatoms. The molecular formula is C23H30N8O4S. The smallest absolute Gasteiger partial charge is 0.262 e. The number of hydrogen-bond donors (Lipinski definition) is 6. The van der Waals surface area contributed by atoms with Crippen molar-refractivity contribution in [2.45, 2.75) is 37.8 Å². The lowest BCUT2D eigenvalue weighted by molar-refractivity contribution is 0.122. The van der Waals surface area contributed by atoms with Gasteiger partial charge in [-0.05, 0) is 37.1 Å². The van der Waals surface area contributed by atoms with E-state index in [1.165, 1.54) is 6.33 Å². The fraction of sp³-hybridized carbons (Fsp3) is 0.435. The van der Waals surface area contributed by atoms with Crippen LogP contribution in [0.2, 0.25) is 0 Å². The van der Waals surface area contributed by atoms with E-state index >= 15 is 0 Å². The maximum Gasteiger partial charge on any atom is 0.262 e. The average molecular weight is 515 g/mol. The Hall–Kier alpha value is -3.10. The first-order chi connectivity index (χ1) is 17.6. The molecule has 2 aliphatic rings. The number of anilines is 4. The van der Waals surface area contributed by atoms with Gasteiger partial charge in [0.25, 0.3) is 5.56 Å². The first-order valence-corrected chi connectivity index (χ1v) is 13.1. The van der Waals surface area contributed by atoms with Crippen LogP contribution < -0.4 is 31.3 Å². The van der Waals surface area contributed by atoms with E-state index in [2.05, 4.69) is 35.8 Å². The van der Waals surface area contributed by atoms with Gasteiger partial charge in [0.15, 0.2) is 0 Å². The number of nitrogens with zero attached hydrogens (tertiary/aromatic N) is 3. The molecule has 2 fully saturated rings. The van der Waals surface area contributed by atoms with E-state index in [0.29, 0.717) is 22.5 Å². The number of ether oxygens (including phenoxy) is 1. The Labute approximate surface area is 210 Å². The first-order valence-electron chi connectivity index (χ1n) is 12.0. The minimum Gasteiger partial charge on any atom is -0.378 e. The second-order valence-corrected chi connectivity index (χ2v) is 9.59. The van der Waals surface area contributed by atoms with E-state index < -0.39 is 11.3 Å². The molecule has 12 nitrogen and oxygen atoms in total. The van der Waals surface area contributed by atoms with Crippen LogP contribution in [0.4, 0.5) is 23.0 Å². The number of hydrogen-bond acceptors (Lipinski definition) is 9. The highest BCUT2D eigenvalue weighted by Gasteiger charge is 2.26. The molecule has 3 aromatic rings. The summed E-state index contributed by atoms with van der Waals surface area (Å²) < 4.78 is 25.6. The zero-order valence-corrected chi connectivity index (χ0v) is 20.5. The van der Waals surface area contributed by atoms with Gasteiger partial charge in [-0.15, -0.1) is 0 Å². The van der Waals surface area contributed by atoms with Crippen LogP contribution in [-0.4, -0.2) is 62.1 Å². The Bertz CT molecular complexity index is 1270. The summed E-state index contributed by atoms with van der Waals surface area (Å²) in [5, 5.41) is 7.10. The van der Waals surface area contributed by atoms with E-state index in [4.69, 9.17) is 14.3 Å². The molecule has 0 spiro atoms. The van der Waals surface area contributed by atoms with Gasteiger partial charge in [-0.3, -0.25) is 9.35 Å². The molecule has 3 atom stereocenters. The molecule has 0 radical (unpaired) electrons. The summed E-state index contributed by atoms with van der Waals surface area (Å²) >= 11 is -2.15. The normalized spacial score (nSPS) is 21.3. The van der Waals surface area contributed by atoms with Crippen LogP contribution in [-0.2, 0) is 16.0 Å². The standard InChI is InChI=1S/C23H30N8O4S/c32-23-21-19(24-14-25-23)13-20(27-17-3-1-2-4-18(17)29-30-36(33)34)28-22(21)26-15-5-7-16(8-6-15)31-9-11-35-12-10-31/h5-8,13-14,17-18,29-30H,1-4,9-12H2,(H,33,34)(H,24,25,32)(H2,26,27,28)/t17-,18+/m0/s1. The van der Waals surface area contributed by atoms with Crippen molar-refractivity contribution in [3.8, 4) is 0 Å². The fourth-order valence-electron chi connectivity index (χ4n) is 4.76. The van der Waals surface area contributed by atoms with Crippen LogP contribution in [0.3, 0.4) is 0 Å². The lowest BCUT2D eigenvalue weighted by Crippen LogP contribution is -2.52. The second kappa shape index (κ2) is 11.3. The van der Waals surface area contributed by atoms with Crippen LogP contribution in [0.15, 0.2) is 41.5 Å². The minimum atomic E-state index is -2.15. The molecule has 1 saturated heterocycles. The van der Waals surface area contributed by atoms with Crippen molar-refractivity contribution < 1.29 is 13.5 Å². The summed E-state index contributed by atoms with van der Waals surface area (Å²) in [7, 11) is 0. The number of fused-ring (bicyclic) bond motifs is 1. The topological polar surface area (TPSA) is 157 Å².